The molecule has 0 bridgehead atoms. The smallest absolute Gasteiger partial charge is 0.121 e. The Kier molecular flexibility index (Phi) is 3.17. The lowest BCUT2D eigenvalue weighted by atomic mass is 10.1. The van der Waals surface area contributed by atoms with Crippen LogP contribution in [0.4, 0.5) is 0 Å². The second-order valence-corrected chi connectivity index (χ2v) is 2.64. The van der Waals surface area contributed by atoms with E-state index in [0.29, 0.717) is 6.42 Å². The molecular formula is C9H14O2. The maximum Gasteiger partial charge on any atom is 0.121 e. The van der Waals surface area contributed by atoms with Crippen molar-refractivity contribution >= 4 is 0 Å². The topological polar surface area (TPSA) is 29.5 Å². The molecule has 0 amide bonds. The molecule has 1 rings (SSSR count). The average molecular weight is 154 g/mol. The summed E-state index contributed by atoms with van der Waals surface area (Å²) in [6.45, 7) is 4.29. The summed E-state index contributed by atoms with van der Waals surface area (Å²) in [6.07, 6.45) is 5.83. The first kappa shape index (κ1) is 8.34. The van der Waals surface area contributed by atoms with Crippen LogP contribution in [0.15, 0.2) is 24.5 Å². The predicted octanol–water partition coefficient (Wildman–Crippen LogP) is 1.62. The molecule has 0 aliphatic carbocycles. The molecule has 0 aromatic heterocycles. The van der Waals surface area contributed by atoms with Gasteiger partial charge in [-0.15, -0.1) is 6.58 Å². The zero-order chi connectivity index (χ0) is 8.10. The first-order chi connectivity index (χ1) is 5.34. The van der Waals surface area contributed by atoms with E-state index in [1.807, 2.05) is 6.08 Å². The zero-order valence-corrected chi connectivity index (χ0v) is 6.62. The van der Waals surface area contributed by atoms with Crippen LogP contribution in [0, 0.1) is 0 Å². The maximum absolute atomic E-state index is 9.41. The summed E-state index contributed by atoms with van der Waals surface area (Å²) in [5, 5.41) is 9.41. The van der Waals surface area contributed by atoms with Crippen molar-refractivity contribution in [3.8, 4) is 0 Å². The summed E-state index contributed by atoms with van der Waals surface area (Å²) >= 11 is 0. The van der Waals surface area contributed by atoms with Gasteiger partial charge in [0, 0.05) is 0 Å². The van der Waals surface area contributed by atoms with Gasteiger partial charge in [0.05, 0.1) is 6.61 Å². The summed E-state index contributed by atoms with van der Waals surface area (Å²) in [5.74, 6) is 0.719. The van der Waals surface area contributed by atoms with Crippen LogP contribution in [-0.4, -0.2) is 17.8 Å². The molecule has 0 radical (unpaired) electrons. The third-order valence-electron chi connectivity index (χ3n) is 1.68. The van der Waals surface area contributed by atoms with Crippen molar-refractivity contribution in [2.75, 3.05) is 6.61 Å². The van der Waals surface area contributed by atoms with Crippen LogP contribution in [0.1, 0.15) is 19.3 Å². The number of ether oxygens (including phenoxy) is 1. The standard InChI is InChI=1S/C9H14O2/c1-2-5-8(10)9-6-3-4-7-11-9/h2,6,8,10H,1,3-5,7H2. The molecule has 2 nitrogen and oxygen atoms in total. The molecule has 0 fully saturated rings. The number of aliphatic hydroxyl groups is 1. The zero-order valence-electron chi connectivity index (χ0n) is 6.62. The van der Waals surface area contributed by atoms with Crippen molar-refractivity contribution in [2.24, 2.45) is 0 Å². The maximum atomic E-state index is 9.41. The third kappa shape index (κ3) is 2.39. The van der Waals surface area contributed by atoms with Gasteiger partial charge in [0.15, 0.2) is 0 Å². The van der Waals surface area contributed by atoms with E-state index >= 15 is 0 Å². The Labute approximate surface area is 67.2 Å². The molecule has 1 aliphatic rings. The molecule has 62 valence electrons. The van der Waals surface area contributed by atoms with Gasteiger partial charge in [0.2, 0.25) is 0 Å². The highest BCUT2D eigenvalue weighted by Gasteiger charge is 2.12. The van der Waals surface area contributed by atoms with Crippen LogP contribution in [0.2, 0.25) is 0 Å². The van der Waals surface area contributed by atoms with E-state index in [1.54, 1.807) is 6.08 Å². The Hall–Kier alpha value is -0.760. The lowest BCUT2D eigenvalue weighted by molar-refractivity contribution is 0.0933. The van der Waals surface area contributed by atoms with Gasteiger partial charge >= 0.3 is 0 Å². The summed E-state index contributed by atoms with van der Waals surface area (Å²) in [6, 6.07) is 0. The van der Waals surface area contributed by atoms with Gasteiger partial charge in [-0.2, -0.15) is 0 Å². The summed E-state index contributed by atoms with van der Waals surface area (Å²) < 4.78 is 5.26. The van der Waals surface area contributed by atoms with Crippen LogP contribution < -0.4 is 0 Å². The molecule has 1 aliphatic heterocycles. The first-order valence-electron chi connectivity index (χ1n) is 3.96. The van der Waals surface area contributed by atoms with E-state index in [4.69, 9.17) is 4.74 Å². The SMILES string of the molecule is C=CCC(O)C1=CCCCO1. The number of hydrogen-bond acceptors (Lipinski definition) is 2. The van der Waals surface area contributed by atoms with Crippen LogP contribution in [0.5, 0.6) is 0 Å². The van der Waals surface area contributed by atoms with E-state index < -0.39 is 6.10 Å². The van der Waals surface area contributed by atoms with Crippen molar-refractivity contribution in [2.45, 2.75) is 25.4 Å². The quantitative estimate of drug-likeness (QED) is 0.626. The van der Waals surface area contributed by atoms with Crippen LogP contribution >= 0.6 is 0 Å². The van der Waals surface area contributed by atoms with Crippen LogP contribution in [-0.2, 0) is 4.74 Å². The second-order valence-electron chi connectivity index (χ2n) is 2.64. The molecule has 0 aromatic carbocycles. The van der Waals surface area contributed by atoms with Gasteiger partial charge in [-0.25, -0.2) is 0 Å². The molecule has 2 heteroatoms. The molecule has 1 N–H and O–H groups in total. The lowest BCUT2D eigenvalue weighted by Crippen LogP contribution is -2.15. The minimum Gasteiger partial charge on any atom is -0.495 e. The molecule has 0 saturated carbocycles. The van der Waals surface area contributed by atoms with Crippen molar-refractivity contribution in [1.29, 1.82) is 0 Å². The highest BCUT2D eigenvalue weighted by atomic mass is 16.5. The molecular weight excluding hydrogens is 140 g/mol. The lowest BCUT2D eigenvalue weighted by Gasteiger charge is -2.18. The number of aliphatic hydroxyl groups excluding tert-OH is 1. The summed E-state index contributed by atoms with van der Waals surface area (Å²) in [5.41, 5.74) is 0. The fourth-order valence-corrected chi connectivity index (χ4v) is 1.08. The summed E-state index contributed by atoms with van der Waals surface area (Å²) in [4.78, 5) is 0. The Morgan fingerprint density at radius 3 is 3.18 bits per heavy atom. The number of rotatable bonds is 3. The highest BCUT2D eigenvalue weighted by molar-refractivity contribution is 5.03. The van der Waals surface area contributed by atoms with E-state index in [2.05, 4.69) is 6.58 Å². The Balaban J connectivity index is 2.43. The minimum absolute atomic E-state index is 0.479. The fraction of sp³-hybridized carbons (Fsp3) is 0.556. The van der Waals surface area contributed by atoms with Gasteiger partial charge in [0.25, 0.3) is 0 Å². The normalized spacial score (nSPS) is 19.9. The number of hydrogen-bond donors (Lipinski definition) is 1. The fourth-order valence-electron chi connectivity index (χ4n) is 1.08. The first-order valence-corrected chi connectivity index (χ1v) is 3.96. The largest absolute Gasteiger partial charge is 0.495 e. The van der Waals surface area contributed by atoms with E-state index in [-0.39, 0.29) is 0 Å². The van der Waals surface area contributed by atoms with Gasteiger partial charge in [-0.1, -0.05) is 6.08 Å². The average Bonchev–Trinajstić information content (AvgIpc) is 2.07. The molecule has 0 aromatic rings. The minimum atomic E-state index is -0.479. The van der Waals surface area contributed by atoms with E-state index in [9.17, 15) is 5.11 Å². The molecule has 11 heavy (non-hydrogen) atoms. The molecule has 0 spiro atoms. The van der Waals surface area contributed by atoms with Gasteiger partial charge in [-0.05, 0) is 25.3 Å². The monoisotopic (exact) mass is 154 g/mol. The summed E-state index contributed by atoms with van der Waals surface area (Å²) in [7, 11) is 0. The molecule has 0 saturated heterocycles. The van der Waals surface area contributed by atoms with Gasteiger partial charge < -0.3 is 9.84 Å². The van der Waals surface area contributed by atoms with Crippen molar-refractivity contribution in [3.05, 3.63) is 24.5 Å². The van der Waals surface area contributed by atoms with Crippen LogP contribution in [0.3, 0.4) is 0 Å². The number of allylic oxidation sites excluding steroid dienone is 1. The van der Waals surface area contributed by atoms with Crippen LogP contribution in [0.25, 0.3) is 0 Å². The van der Waals surface area contributed by atoms with Gasteiger partial charge in [0.1, 0.15) is 11.9 Å². The second kappa shape index (κ2) is 4.19. The Bertz CT molecular complexity index is 161. The molecule has 1 unspecified atom stereocenters. The Morgan fingerprint density at radius 2 is 2.64 bits per heavy atom. The van der Waals surface area contributed by atoms with E-state index in [1.165, 1.54) is 0 Å². The highest BCUT2D eigenvalue weighted by Crippen LogP contribution is 2.15. The molecule has 1 heterocycles. The predicted molar refractivity (Wildman–Crippen MR) is 44.1 cm³/mol. The van der Waals surface area contributed by atoms with Crippen molar-refractivity contribution in [1.82, 2.24) is 0 Å². The van der Waals surface area contributed by atoms with E-state index in [0.717, 1.165) is 25.2 Å². The Morgan fingerprint density at radius 1 is 1.82 bits per heavy atom. The third-order valence-corrected chi connectivity index (χ3v) is 1.68. The molecule has 1 atom stereocenters. The van der Waals surface area contributed by atoms with Crippen molar-refractivity contribution in [3.63, 3.8) is 0 Å². The van der Waals surface area contributed by atoms with Crippen molar-refractivity contribution < 1.29 is 9.84 Å². The van der Waals surface area contributed by atoms with Gasteiger partial charge in [-0.3, -0.25) is 0 Å².